The smallest absolute Gasteiger partial charge is 0.214 e. The fraction of sp³-hybridized carbons (Fsp3) is 0.538. The number of nitriles is 1. The van der Waals surface area contributed by atoms with Gasteiger partial charge >= 0.3 is 0 Å². The van der Waals surface area contributed by atoms with Gasteiger partial charge in [-0.15, -0.1) is 0 Å². The van der Waals surface area contributed by atoms with Gasteiger partial charge in [0.25, 0.3) is 0 Å². The molecule has 0 radical (unpaired) electrons. The van der Waals surface area contributed by atoms with E-state index in [0.717, 1.165) is 6.42 Å². The van der Waals surface area contributed by atoms with Gasteiger partial charge in [0.1, 0.15) is 11.8 Å². The number of hydrogen-bond acceptors (Lipinski definition) is 3. The first kappa shape index (κ1) is 12.5. The first-order valence-electron chi connectivity index (χ1n) is 5.86. The Morgan fingerprint density at radius 2 is 2.06 bits per heavy atom. The summed E-state index contributed by atoms with van der Waals surface area (Å²) in [5.41, 5.74) is 0.406. The average molecular weight is 218 g/mol. The third-order valence-electron chi connectivity index (χ3n) is 2.34. The number of nitrogens with zero attached hydrogens (tertiary/aromatic N) is 2. The Morgan fingerprint density at radius 3 is 2.81 bits per heavy atom. The van der Waals surface area contributed by atoms with Crippen molar-refractivity contribution in [3.05, 3.63) is 23.9 Å². The standard InChI is InChI=1S/C13H18N2O/c1-2-3-4-5-6-10-16-13-9-7-8-12(11-14)15-13/h7-9H,2-6,10H2,1H3. The largest absolute Gasteiger partial charge is 0.478 e. The predicted molar refractivity (Wildman–Crippen MR) is 63.2 cm³/mol. The molecular weight excluding hydrogens is 200 g/mol. The van der Waals surface area contributed by atoms with Crippen molar-refractivity contribution in [2.24, 2.45) is 0 Å². The van der Waals surface area contributed by atoms with Crippen LogP contribution >= 0.6 is 0 Å². The van der Waals surface area contributed by atoms with E-state index in [9.17, 15) is 0 Å². The highest BCUT2D eigenvalue weighted by Gasteiger charge is 1.97. The van der Waals surface area contributed by atoms with Crippen molar-refractivity contribution < 1.29 is 4.74 Å². The van der Waals surface area contributed by atoms with Crippen molar-refractivity contribution >= 4 is 0 Å². The Balaban J connectivity index is 2.19. The van der Waals surface area contributed by atoms with E-state index in [4.69, 9.17) is 10.00 Å². The van der Waals surface area contributed by atoms with Crippen LogP contribution in [0.4, 0.5) is 0 Å². The fourth-order valence-corrected chi connectivity index (χ4v) is 1.44. The Hall–Kier alpha value is -1.56. The maximum absolute atomic E-state index is 8.66. The second-order valence-corrected chi connectivity index (χ2v) is 3.74. The van der Waals surface area contributed by atoms with E-state index in [1.807, 2.05) is 6.07 Å². The molecule has 0 aliphatic rings. The molecular formula is C13H18N2O. The van der Waals surface area contributed by atoms with Gasteiger partial charge in [0.15, 0.2) is 0 Å². The lowest BCUT2D eigenvalue weighted by atomic mass is 10.2. The second-order valence-electron chi connectivity index (χ2n) is 3.74. The molecule has 0 fully saturated rings. The Labute approximate surface area is 97.1 Å². The van der Waals surface area contributed by atoms with E-state index in [2.05, 4.69) is 11.9 Å². The van der Waals surface area contributed by atoms with Crippen LogP contribution in [0.25, 0.3) is 0 Å². The van der Waals surface area contributed by atoms with Crippen molar-refractivity contribution in [2.75, 3.05) is 6.61 Å². The van der Waals surface area contributed by atoms with Crippen LogP contribution in [0, 0.1) is 11.3 Å². The summed E-state index contributed by atoms with van der Waals surface area (Å²) in [6.45, 7) is 2.89. The zero-order valence-corrected chi connectivity index (χ0v) is 9.78. The Morgan fingerprint density at radius 1 is 1.25 bits per heavy atom. The summed E-state index contributed by atoms with van der Waals surface area (Å²) >= 11 is 0. The maximum atomic E-state index is 8.66. The van der Waals surface area contributed by atoms with Gasteiger partial charge in [0.05, 0.1) is 6.61 Å². The fourth-order valence-electron chi connectivity index (χ4n) is 1.44. The Bertz CT molecular complexity index is 344. The summed E-state index contributed by atoms with van der Waals surface area (Å²) in [7, 11) is 0. The normalized spacial score (nSPS) is 9.75. The van der Waals surface area contributed by atoms with Crippen LogP contribution in [0.3, 0.4) is 0 Å². The molecule has 0 bridgehead atoms. The van der Waals surface area contributed by atoms with Gasteiger partial charge in [-0.05, 0) is 12.5 Å². The molecule has 0 aliphatic carbocycles. The van der Waals surface area contributed by atoms with Crippen LogP contribution in [0.2, 0.25) is 0 Å². The van der Waals surface area contributed by atoms with Crippen molar-refractivity contribution in [1.82, 2.24) is 4.98 Å². The van der Waals surface area contributed by atoms with Gasteiger partial charge < -0.3 is 4.74 Å². The molecule has 1 rings (SSSR count). The molecule has 0 N–H and O–H groups in total. The van der Waals surface area contributed by atoms with Gasteiger partial charge in [-0.25, -0.2) is 4.98 Å². The summed E-state index contributed by atoms with van der Waals surface area (Å²) in [6.07, 6.45) is 6.07. The zero-order valence-electron chi connectivity index (χ0n) is 9.78. The average Bonchev–Trinajstić information content (AvgIpc) is 2.34. The SMILES string of the molecule is CCCCCCCOc1cccc(C#N)n1. The van der Waals surface area contributed by atoms with Gasteiger partial charge in [0.2, 0.25) is 5.88 Å². The van der Waals surface area contributed by atoms with Crippen LogP contribution < -0.4 is 4.74 Å². The summed E-state index contributed by atoms with van der Waals surface area (Å²) in [5.74, 6) is 0.551. The molecule has 0 amide bonds. The lowest BCUT2D eigenvalue weighted by Gasteiger charge is -2.04. The number of unbranched alkanes of at least 4 members (excludes halogenated alkanes) is 4. The minimum atomic E-state index is 0.406. The molecule has 0 saturated carbocycles. The van der Waals surface area contributed by atoms with Crippen LogP contribution in [-0.2, 0) is 0 Å². The predicted octanol–water partition coefficient (Wildman–Crippen LogP) is 3.30. The molecule has 1 aromatic heterocycles. The van der Waals surface area contributed by atoms with Gasteiger partial charge in [-0.1, -0.05) is 38.7 Å². The first-order valence-corrected chi connectivity index (χ1v) is 5.86. The maximum Gasteiger partial charge on any atom is 0.214 e. The van der Waals surface area contributed by atoms with E-state index in [0.29, 0.717) is 18.2 Å². The molecule has 3 nitrogen and oxygen atoms in total. The highest BCUT2D eigenvalue weighted by Crippen LogP contribution is 2.08. The van der Waals surface area contributed by atoms with Crippen LogP contribution in [0.1, 0.15) is 44.7 Å². The summed E-state index contributed by atoms with van der Waals surface area (Å²) in [6, 6.07) is 7.24. The monoisotopic (exact) mass is 218 g/mol. The lowest BCUT2D eigenvalue weighted by molar-refractivity contribution is 0.293. The van der Waals surface area contributed by atoms with Crippen LogP contribution in [-0.4, -0.2) is 11.6 Å². The zero-order chi connectivity index (χ0) is 11.6. The van der Waals surface area contributed by atoms with Gasteiger partial charge in [-0.3, -0.25) is 0 Å². The molecule has 0 unspecified atom stereocenters. The van der Waals surface area contributed by atoms with E-state index in [1.165, 1.54) is 25.7 Å². The summed E-state index contributed by atoms with van der Waals surface area (Å²) in [4.78, 5) is 4.04. The number of pyridine rings is 1. The van der Waals surface area contributed by atoms with E-state index >= 15 is 0 Å². The van der Waals surface area contributed by atoms with Crippen molar-refractivity contribution in [1.29, 1.82) is 5.26 Å². The number of hydrogen-bond donors (Lipinski definition) is 0. The molecule has 0 aliphatic heterocycles. The number of rotatable bonds is 7. The Kier molecular flexibility index (Phi) is 6.02. The lowest BCUT2D eigenvalue weighted by Crippen LogP contribution is -1.99. The number of ether oxygens (including phenoxy) is 1. The van der Waals surface area contributed by atoms with Gasteiger partial charge in [-0.2, -0.15) is 5.26 Å². The molecule has 1 aromatic rings. The first-order chi connectivity index (χ1) is 7.86. The van der Waals surface area contributed by atoms with E-state index in [1.54, 1.807) is 18.2 Å². The van der Waals surface area contributed by atoms with Crippen LogP contribution in [0.15, 0.2) is 18.2 Å². The van der Waals surface area contributed by atoms with Crippen molar-refractivity contribution in [2.45, 2.75) is 39.0 Å². The minimum Gasteiger partial charge on any atom is -0.478 e. The summed E-state index contributed by atoms with van der Waals surface area (Å²) in [5, 5.41) is 8.66. The molecule has 16 heavy (non-hydrogen) atoms. The molecule has 3 heteroatoms. The third-order valence-corrected chi connectivity index (χ3v) is 2.34. The highest BCUT2D eigenvalue weighted by atomic mass is 16.5. The summed E-state index contributed by atoms with van der Waals surface area (Å²) < 4.78 is 5.47. The molecule has 0 spiro atoms. The van der Waals surface area contributed by atoms with E-state index < -0.39 is 0 Å². The molecule has 0 atom stereocenters. The third kappa shape index (κ3) is 4.79. The second kappa shape index (κ2) is 7.70. The van der Waals surface area contributed by atoms with Crippen molar-refractivity contribution in [3.8, 4) is 11.9 Å². The molecule has 1 heterocycles. The van der Waals surface area contributed by atoms with E-state index in [-0.39, 0.29) is 0 Å². The van der Waals surface area contributed by atoms with Crippen molar-refractivity contribution in [3.63, 3.8) is 0 Å². The minimum absolute atomic E-state index is 0.406. The highest BCUT2D eigenvalue weighted by molar-refractivity contribution is 5.24. The van der Waals surface area contributed by atoms with Gasteiger partial charge in [0, 0.05) is 6.07 Å². The van der Waals surface area contributed by atoms with Crippen LogP contribution in [0.5, 0.6) is 5.88 Å². The molecule has 86 valence electrons. The molecule has 0 saturated heterocycles. The number of aromatic nitrogens is 1. The quantitative estimate of drug-likeness (QED) is 0.659. The topological polar surface area (TPSA) is 45.9 Å². The molecule has 0 aromatic carbocycles.